The minimum absolute atomic E-state index is 0.206. The molecule has 2 bridgehead atoms. The first-order valence-electron chi connectivity index (χ1n) is 5.47. The lowest BCUT2D eigenvalue weighted by Gasteiger charge is -2.21. The third kappa shape index (κ3) is 1.81. The molecule has 0 radical (unpaired) electrons. The standard InChI is InChI=1S/C13H17NO/c1-9(2)12(15)14-8-11-6-10-4-5-13(11,3)7-10/h6,8,10H,1,4-5,7H2,2-3H3. The molecule has 0 spiro atoms. The fraction of sp³-hybridized carbons (Fsp3) is 0.538. The van der Waals surface area contributed by atoms with E-state index in [1.54, 1.807) is 13.1 Å². The van der Waals surface area contributed by atoms with Crippen LogP contribution in [0.3, 0.4) is 0 Å². The summed E-state index contributed by atoms with van der Waals surface area (Å²) in [7, 11) is 0. The first-order chi connectivity index (χ1) is 7.01. The Labute approximate surface area is 90.8 Å². The lowest BCUT2D eigenvalue weighted by atomic mass is 9.83. The summed E-state index contributed by atoms with van der Waals surface area (Å²) < 4.78 is 0. The van der Waals surface area contributed by atoms with Crippen molar-refractivity contribution in [1.29, 1.82) is 0 Å². The van der Waals surface area contributed by atoms with Gasteiger partial charge < -0.3 is 0 Å². The number of rotatable bonds is 2. The van der Waals surface area contributed by atoms with Crippen molar-refractivity contribution in [3.8, 4) is 0 Å². The van der Waals surface area contributed by atoms with Gasteiger partial charge in [-0.25, -0.2) is 4.99 Å². The van der Waals surface area contributed by atoms with E-state index in [1.165, 1.54) is 24.8 Å². The van der Waals surface area contributed by atoms with Gasteiger partial charge in [-0.05, 0) is 43.1 Å². The first kappa shape index (κ1) is 10.3. The van der Waals surface area contributed by atoms with Crippen LogP contribution in [0.5, 0.6) is 0 Å². The predicted octanol–water partition coefficient (Wildman–Crippen LogP) is 2.91. The Bertz CT molecular complexity index is 378. The number of allylic oxidation sites excluding steroid dienone is 2. The van der Waals surface area contributed by atoms with Crippen molar-refractivity contribution in [2.75, 3.05) is 0 Å². The Morgan fingerprint density at radius 3 is 2.93 bits per heavy atom. The van der Waals surface area contributed by atoms with Crippen molar-refractivity contribution in [2.24, 2.45) is 16.3 Å². The van der Waals surface area contributed by atoms with Gasteiger partial charge in [0.1, 0.15) is 0 Å². The molecule has 2 rings (SSSR count). The summed E-state index contributed by atoms with van der Waals surface area (Å²) in [5, 5.41) is 0. The topological polar surface area (TPSA) is 29.4 Å². The number of fused-ring (bicyclic) bond motifs is 2. The van der Waals surface area contributed by atoms with E-state index < -0.39 is 0 Å². The molecule has 2 heteroatoms. The monoisotopic (exact) mass is 203 g/mol. The Hall–Kier alpha value is -1.18. The molecule has 0 aromatic heterocycles. The summed E-state index contributed by atoms with van der Waals surface area (Å²) in [6.07, 6.45) is 7.78. The summed E-state index contributed by atoms with van der Waals surface area (Å²) in [6.45, 7) is 7.54. The van der Waals surface area contributed by atoms with Crippen LogP contribution < -0.4 is 0 Å². The van der Waals surface area contributed by atoms with Gasteiger partial charge in [0, 0.05) is 11.8 Å². The Morgan fingerprint density at radius 2 is 2.47 bits per heavy atom. The van der Waals surface area contributed by atoms with Crippen molar-refractivity contribution in [3.05, 3.63) is 23.8 Å². The van der Waals surface area contributed by atoms with E-state index in [0.717, 1.165) is 5.92 Å². The lowest BCUT2D eigenvalue weighted by Crippen LogP contribution is -2.14. The van der Waals surface area contributed by atoms with Gasteiger partial charge in [0.2, 0.25) is 0 Å². The zero-order valence-electron chi connectivity index (χ0n) is 9.42. The maximum absolute atomic E-state index is 11.3. The molecule has 15 heavy (non-hydrogen) atoms. The number of hydrogen-bond acceptors (Lipinski definition) is 1. The van der Waals surface area contributed by atoms with E-state index in [-0.39, 0.29) is 11.3 Å². The van der Waals surface area contributed by atoms with Gasteiger partial charge >= 0.3 is 0 Å². The molecule has 2 aliphatic carbocycles. The van der Waals surface area contributed by atoms with Gasteiger partial charge in [-0.1, -0.05) is 19.6 Å². The van der Waals surface area contributed by atoms with Gasteiger partial charge in [0.25, 0.3) is 5.91 Å². The summed E-state index contributed by atoms with van der Waals surface area (Å²) in [4.78, 5) is 15.2. The highest BCUT2D eigenvalue weighted by molar-refractivity contribution is 6.00. The van der Waals surface area contributed by atoms with Crippen LogP contribution >= 0.6 is 0 Å². The third-order valence-electron chi connectivity index (χ3n) is 3.58. The fourth-order valence-corrected chi connectivity index (χ4v) is 2.58. The molecule has 0 aromatic rings. The molecule has 0 aromatic carbocycles. The Balaban J connectivity index is 2.11. The number of nitrogens with zero attached hydrogens (tertiary/aromatic N) is 1. The molecule has 2 nitrogen and oxygen atoms in total. The second-order valence-electron chi connectivity index (χ2n) is 5.03. The lowest BCUT2D eigenvalue weighted by molar-refractivity contribution is -0.114. The van der Waals surface area contributed by atoms with E-state index in [0.29, 0.717) is 5.57 Å². The SMILES string of the molecule is C=C(C)C(=O)N=CC1=CC2CCC1(C)C2. The van der Waals surface area contributed by atoms with Crippen LogP contribution in [0.2, 0.25) is 0 Å². The zero-order chi connectivity index (χ0) is 11.1. The predicted molar refractivity (Wildman–Crippen MR) is 61.8 cm³/mol. The highest BCUT2D eigenvalue weighted by Gasteiger charge is 2.42. The van der Waals surface area contributed by atoms with Crippen molar-refractivity contribution in [1.82, 2.24) is 0 Å². The average Bonchev–Trinajstić information content (AvgIpc) is 2.68. The molecular weight excluding hydrogens is 186 g/mol. The second kappa shape index (κ2) is 3.44. The number of aliphatic imine (C=N–C) groups is 1. The van der Waals surface area contributed by atoms with Crippen molar-refractivity contribution in [2.45, 2.75) is 33.1 Å². The summed E-state index contributed by atoms with van der Waals surface area (Å²) in [6, 6.07) is 0. The molecule has 0 saturated heterocycles. The highest BCUT2D eigenvalue weighted by atomic mass is 16.1. The maximum Gasteiger partial charge on any atom is 0.271 e. The Morgan fingerprint density at radius 1 is 1.73 bits per heavy atom. The molecule has 1 amide bonds. The van der Waals surface area contributed by atoms with Gasteiger partial charge in [-0.2, -0.15) is 0 Å². The molecule has 80 valence electrons. The Kier molecular flexibility index (Phi) is 2.37. The number of carbonyl (C=O) groups is 1. The number of carbonyl (C=O) groups excluding carboxylic acids is 1. The minimum Gasteiger partial charge on any atom is -0.267 e. The zero-order valence-corrected chi connectivity index (χ0v) is 9.42. The number of amides is 1. The van der Waals surface area contributed by atoms with Gasteiger partial charge in [-0.3, -0.25) is 4.79 Å². The molecule has 0 heterocycles. The third-order valence-corrected chi connectivity index (χ3v) is 3.58. The van der Waals surface area contributed by atoms with Gasteiger partial charge in [-0.15, -0.1) is 0 Å². The van der Waals surface area contributed by atoms with Gasteiger partial charge in [0.15, 0.2) is 0 Å². The van der Waals surface area contributed by atoms with E-state index in [1.807, 2.05) is 0 Å². The molecule has 1 fully saturated rings. The largest absolute Gasteiger partial charge is 0.271 e. The van der Waals surface area contributed by atoms with E-state index in [4.69, 9.17) is 0 Å². The van der Waals surface area contributed by atoms with Crippen LogP contribution in [0.25, 0.3) is 0 Å². The number of hydrogen-bond donors (Lipinski definition) is 0. The maximum atomic E-state index is 11.3. The average molecular weight is 203 g/mol. The molecule has 2 aliphatic rings. The molecular formula is C13H17NO. The van der Waals surface area contributed by atoms with Crippen LogP contribution in [0.15, 0.2) is 28.8 Å². The van der Waals surface area contributed by atoms with Crippen LogP contribution in [0.4, 0.5) is 0 Å². The highest BCUT2D eigenvalue weighted by Crippen LogP contribution is 2.52. The minimum atomic E-state index is -0.206. The molecule has 1 saturated carbocycles. The second-order valence-corrected chi connectivity index (χ2v) is 5.03. The molecule has 2 unspecified atom stereocenters. The van der Waals surface area contributed by atoms with E-state index >= 15 is 0 Å². The van der Waals surface area contributed by atoms with Crippen LogP contribution in [-0.2, 0) is 4.79 Å². The fourth-order valence-electron chi connectivity index (χ4n) is 2.58. The normalized spacial score (nSPS) is 33.5. The van der Waals surface area contributed by atoms with Crippen molar-refractivity contribution < 1.29 is 4.79 Å². The van der Waals surface area contributed by atoms with E-state index in [9.17, 15) is 4.79 Å². The molecule has 0 aliphatic heterocycles. The summed E-state index contributed by atoms with van der Waals surface area (Å²) in [5.74, 6) is 0.513. The van der Waals surface area contributed by atoms with Crippen molar-refractivity contribution >= 4 is 12.1 Å². The van der Waals surface area contributed by atoms with Crippen LogP contribution in [0.1, 0.15) is 33.1 Å². The van der Waals surface area contributed by atoms with Crippen LogP contribution in [0, 0.1) is 11.3 Å². The van der Waals surface area contributed by atoms with Crippen molar-refractivity contribution in [3.63, 3.8) is 0 Å². The van der Waals surface area contributed by atoms with E-state index in [2.05, 4.69) is 24.6 Å². The summed E-state index contributed by atoms with van der Waals surface area (Å²) >= 11 is 0. The molecule has 0 N–H and O–H groups in total. The van der Waals surface area contributed by atoms with Crippen LogP contribution in [-0.4, -0.2) is 12.1 Å². The van der Waals surface area contributed by atoms with Gasteiger partial charge in [0.05, 0.1) is 0 Å². The first-order valence-corrected chi connectivity index (χ1v) is 5.47. The molecule has 2 atom stereocenters. The smallest absolute Gasteiger partial charge is 0.267 e. The quantitative estimate of drug-likeness (QED) is 0.501. The summed E-state index contributed by atoms with van der Waals surface area (Å²) in [5.41, 5.74) is 2.03.